The third-order valence-corrected chi connectivity index (χ3v) is 7.22. The van der Waals surface area contributed by atoms with Crippen LogP contribution in [0.15, 0.2) is 24.5 Å². The molecule has 11 heteroatoms. The maximum atomic E-state index is 14.5. The first kappa shape index (κ1) is 24.1. The molecular weight excluding hydrogens is 463 g/mol. The van der Waals surface area contributed by atoms with Crippen molar-refractivity contribution in [1.29, 1.82) is 0 Å². The van der Waals surface area contributed by atoms with Crippen LogP contribution in [0.5, 0.6) is 11.8 Å². The van der Waals surface area contributed by atoms with E-state index in [1.807, 2.05) is 0 Å². The van der Waals surface area contributed by atoms with Crippen molar-refractivity contribution >= 4 is 33.4 Å². The summed E-state index contributed by atoms with van der Waals surface area (Å²) in [6.07, 6.45) is 4.04. The molecule has 190 valence electrons. The van der Waals surface area contributed by atoms with Gasteiger partial charge in [0, 0.05) is 25.0 Å². The number of aromatic nitrogens is 5. The van der Waals surface area contributed by atoms with Crippen LogP contribution in [-0.4, -0.2) is 49.7 Å². The Morgan fingerprint density at radius 2 is 2.06 bits per heavy atom. The Bertz CT molecular complexity index is 1410. The van der Waals surface area contributed by atoms with Crippen LogP contribution >= 0.6 is 0 Å². The Morgan fingerprint density at radius 1 is 1.31 bits per heavy atom. The molecule has 1 aromatic carbocycles. The van der Waals surface area contributed by atoms with Crippen LogP contribution < -0.4 is 21.1 Å². The van der Waals surface area contributed by atoms with Gasteiger partial charge in [0.15, 0.2) is 11.6 Å². The van der Waals surface area contributed by atoms with Crippen molar-refractivity contribution in [2.75, 3.05) is 24.2 Å². The lowest BCUT2D eigenvalue weighted by Gasteiger charge is -2.52. The lowest BCUT2D eigenvalue weighted by Crippen LogP contribution is -2.57. The van der Waals surface area contributed by atoms with E-state index in [0.717, 1.165) is 18.4 Å². The highest BCUT2D eigenvalue weighted by molar-refractivity contribution is 6.14. The zero-order valence-corrected chi connectivity index (χ0v) is 20.8. The monoisotopic (exact) mass is 494 g/mol. The van der Waals surface area contributed by atoms with Crippen LogP contribution in [0.4, 0.5) is 15.9 Å². The van der Waals surface area contributed by atoms with Crippen LogP contribution in [0.25, 0.3) is 21.9 Å². The van der Waals surface area contributed by atoms with Gasteiger partial charge in [-0.3, -0.25) is 0 Å². The molecule has 3 aromatic heterocycles. The summed E-state index contributed by atoms with van der Waals surface area (Å²) in [4.78, 5) is 20.7. The third-order valence-electron chi connectivity index (χ3n) is 7.22. The zero-order valence-electron chi connectivity index (χ0n) is 20.8. The highest BCUT2D eigenvalue weighted by Crippen LogP contribution is 2.47. The van der Waals surface area contributed by atoms with Crippen LogP contribution in [0.3, 0.4) is 0 Å². The summed E-state index contributed by atoms with van der Waals surface area (Å²) in [6.45, 7) is 6.62. The van der Waals surface area contributed by atoms with Crippen molar-refractivity contribution in [2.45, 2.75) is 45.8 Å². The van der Waals surface area contributed by atoms with Crippen molar-refractivity contribution in [2.24, 2.45) is 17.1 Å². The van der Waals surface area contributed by atoms with Gasteiger partial charge in [-0.05, 0) is 36.8 Å². The van der Waals surface area contributed by atoms with E-state index in [4.69, 9.17) is 10.5 Å². The molecule has 1 fully saturated rings. The van der Waals surface area contributed by atoms with Gasteiger partial charge in [-0.1, -0.05) is 20.3 Å². The summed E-state index contributed by atoms with van der Waals surface area (Å²) >= 11 is 0. The highest BCUT2D eigenvalue weighted by Gasteiger charge is 2.47. The second kappa shape index (κ2) is 9.14. The molecule has 0 amide bonds. The summed E-state index contributed by atoms with van der Waals surface area (Å²) < 4.78 is 20.3. The van der Waals surface area contributed by atoms with Crippen molar-refractivity contribution in [3.8, 4) is 11.8 Å². The molecule has 6 N–H and O–H groups in total. The van der Waals surface area contributed by atoms with Gasteiger partial charge in [-0.25, -0.2) is 14.4 Å². The first-order valence-corrected chi connectivity index (χ1v) is 12.1. The molecule has 3 heterocycles. The third kappa shape index (κ3) is 4.18. The van der Waals surface area contributed by atoms with Gasteiger partial charge in [-0.2, -0.15) is 9.97 Å². The van der Waals surface area contributed by atoms with E-state index in [2.05, 4.69) is 49.4 Å². The number of ether oxygens (including phenoxy) is 1. The number of aromatic amines is 1. The van der Waals surface area contributed by atoms with Crippen LogP contribution in [0, 0.1) is 17.2 Å². The summed E-state index contributed by atoms with van der Waals surface area (Å²) in [6, 6.07) is 3.18. The van der Waals surface area contributed by atoms with Crippen molar-refractivity contribution in [1.82, 2.24) is 24.9 Å². The van der Waals surface area contributed by atoms with E-state index < -0.39 is 6.10 Å². The van der Waals surface area contributed by atoms with E-state index in [1.54, 1.807) is 14.0 Å². The molecule has 0 spiro atoms. The van der Waals surface area contributed by atoms with Gasteiger partial charge < -0.3 is 31.2 Å². The molecule has 1 unspecified atom stereocenters. The smallest absolute Gasteiger partial charge is 0.326 e. The molecule has 4 atom stereocenters. The Morgan fingerprint density at radius 3 is 2.69 bits per heavy atom. The number of aliphatic hydroxyl groups is 1. The normalized spacial score (nSPS) is 22.4. The second-order valence-electron chi connectivity index (χ2n) is 9.77. The molecule has 1 aliphatic rings. The first-order chi connectivity index (χ1) is 17.2. The Hall–Kier alpha value is -3.57. The second-order valence-corrected chi connectivity index (χ2v) is 9.77. The minimum absolute atomic E-state index is 0.0185. The number of hydrogen-bond acceptors (Lipinski definition) is 9. The molecule has 10 nitrogen and oxygen atoms in total. The average Bonchev–Trinajstić information content (AvgIpc) is 3.20. The molecular formula is C25H31FN8O2. The summed E-state index contributed by atoms with van der Waals surface area (Å²) in [7, 11) is 1.74. The van der Waals surface area contributed by atoms with Crippen LogP contribution in [-0.2, 0) is 0 Å². The maximum Gasteiger partial charge on any atom is 0.326 e. The number of benzene rings is 1. The maximum absolute atomic E-state index is 14.5. The molecule has 5 rings (SSSR count). The van der Waals surface area contributed by atoms with Gasteiger partial charge >= 0.3 is 6.01 Å². The Kier molecular flexibility index (Phi) is 6.13. The van der Waals surface area contributed by atoms with Gasteiger partial charge in [-0.15, -0.1) is 0 Å². The number of nitrogens with one attached hydrogen (secondary N) is 3. The predicted molar refractivity (Wildman–Crippen MR) is 137 cm³/mol. The number of rotatable bonds is 8. The fourth-order valence-electron chi connectivity index (χ4n) is 5.39. The minimum atomic E-state index is -0.788. The summed E-state index contributed by atoms with van der Waals surface area (Å²) in [5, 5.41) is 17.5. The summed E-state index contributed by atoms with van der Waals surface area (Å²) in [5.74, 6) is 1.18. The van der Waals surface area contributed by atoms with E-state index >= 15 is 0 Å². The van der Waals surface area contributed by atoms with Crippen LogP contribution in [0.2, 0.25) is 0 Å². The number of aliphatic hydroxyl groups excluding tert-OH is 1. The highest BCUT2D eigenvalue weighted by atomic mass is 19.1. The number of nitrogens with two attached hydrogens (primary N) is 1. The predicted octanol–water partition coefficient (Wildman–Crippen LogP) is 4.10. The lowest BCUT2D eigenvalue weighted by atomic mass is 9.57. The van der Waals surface area contributed by atoms with Crippen molar-refractivity contribution in [3.63, 3.8) is 0 Å². The van der Waals surface area contributed by atoms with Crippen LogP contribution in [0.1, 0.15) is 45.5 Å². The molecule has 0 bridgehead atoms. The van der Waals surface area contributed by atoms with Gasteiger partial charge in [0.05, 0.1) is 29.0 Å². The Labute approximate surface area is 207 Å². The van der Waals surface area contributed by atoms with E-state index in [9.17, 15) is 9.50 Å². The number of halogens is 1. The zero-order chi connectivity index (χ0) is 25.6. The Balaban J connectivity index is 1.57. The quantitative estimate of drug-likeness (QED) is 0.244. The number of H-pyrrole nitrogens is 1. The molecule has 36 heavy (non-hydrogen) atoms. The number of nitrogens with zero attached hydrogens (tertiary/aromatic N) is 4. The number of fused-ring (bicyclic) bond motifs is 3. The van der Waals surface area contributed by atoms with Crippen molar-refractivity contribution in [3.05, 3.63) is 36.2 Å². The lowest BCUT2D eigenvalue weighted by molar-refractivity contribution is 0.0325. The SMILES string of the molecule is CC[C@@H]1[C@H](N)C[C@]1(C)CNc1nc(Oc2cnc(C(C)O)nc2)nc2[nH]c3c(NC)cc(F)cc3c12. The van der Waals surface area contributed by atoms with E-state index in [1.165, 1.54) is 24.5 Å². The van der Waals surface area contributed by atoms with Gasteiger partial charge in [0.2, 0.25) is 0 Å². The first-order valence-electron chi connectivity index (χ1n) is 12.1. The molecule has 0 saturated heterocycles. The molecule has 0 aliphatic heterocycles. The van der Waals surface area contributed by atoms with Crippen molar-refractivity contribution < 1.29 is 14.2 Å². The largest absolute Gasteiger partial charge is 0.421 e. The van der Waals surface area contributed by atoms with Gasteiger partial charge in [0.25, 0.3) is 0 Å². The topological polar surface area (TPSA) is 147 Å². The van der Waals surface area contributed by atoms with E-state index in [-0.39, 0.29) is 29.1 Å². The molecule has 0 radical (unpaired) electrons. The molecule has 4 aromatic rings. The molecule has 1 aliphatic carbocycles. The minimum Gasteiger partial charge on any atom is -0.421 e. The molecule has 1 saturated carbocycles. The fraction of sp³-hybridized carbons (Fsp3) is 0.440. The standard InChI is InChI=1S/C25H31FN8O2/c1-5-16-17(27)8-25(16,3)11-31-22-19-15-6-13(26)7-18(28-4)20(15)32-23(19)34-24(33-22)36-14-9-29-21(12(2)35)30-10-14/h6-7,9-10,12,16-17,28,35H,5,8,11,27H2,1-4H3,(H2,31,32,33,34)/t12?,16-,17-,25-/m1/s1. The van der Waals surface area contributed by atoms with E-state index in [0.29, 0.717) is 46.1 Å². The average molecular weight is 495 g/mol. The number of hydrogen-bond donors (Lipinski definition) is 5. The van der Waals surface area contributed by atoms with Gasteiger partial charge in [0.1, 0.15) is 23.4 Å². The number of anilines is 2. The summed E-state index contributed by atoms with van der Waals surface area (Å²) in [5.41, 5.74) is 8.11. The fourth-order valence-corrected chi connectivity index (χ4v) is 5.39.